The third-order valence-corrected chi connectivity index (χ3v) is 16.1. The van der Waals surface area contributed by atoms with Crippen LogP contribution in [0.1, 0.15) is 152 Å². The molecule has 0 unspecified atom stereocenters. The van der Waals surface area contributed by atoms with Crippen LogP contribution in [0.3, 0.4) is 0 Å². The van der Waals surface area contributed by atoms with Gasteiger partial charge in [0.05, 0.1) is 17.5 Å². The molecule has 7 nitrogen and oxygen atoms in total. The molecule has 282 valence electrons. The number of aromatic nitrogens is 1. The van der Waals surface area contributed by atoms with Gasteiger partial charge < -0.3 is 15.2 Å². The van der Waals surface area contributed by atoms with Crippen LogP contribution in [0.5, 0.6) is 0 Å². The maximum Gasteiger partial charge on any atom is 0.309 e. The number of Topliss-reactive ketones (excluding diaryl/α,β-unsaturated/α-hetero) is 1. The van der Waals surface area contributed by atoms with Gasteiger partial charge in [0.25, 0.3) is 0 Å². The van der Waals surface area contributed by atoms with E-state index in [0.717, 1.165) is 69.2 Å². The number of fused-ring (bicyclic) bond motifs is 7. The van der Waals surface area contributed by atoms with E-state index in [1.807, 2.05) is 18.3 Å². The molecule has 1 aromatic heterocycles. The van der Waals surface area contributed by atoms with E-state index in [9.17, 15) is 19.5 Å². The quantitative estimate of drug-likeness (QED) is 0.234. The Balaban J connectivity index is 1.25. The Hall–Kier alpha value is -2.54. The van der Waals surface area contributed by atoms with Gasteiger partial charge in [-0.2, -0.15) is 0 Å². The predicted molar refractivity (Wildman–Crippen MR) is 201 cm³/mol. The molecule has 4 saturated carbocycles. The zero-order valence-electron chi connectivity index (χ0n) is 33.3. The number of ether oxygens (including phenoxy) is 1. The van der Waals surface area contributed by atoms with Crippen molar-refractivity contribution in [3.8, 4) is 0 Å². The van der Waals surface area contributed by atoms with Crippen molar-refractivity contribution in [1.82, 2.24) is 10.3 Å². The molecule has 9 atom stereocenters. The highest BCUT2D eigenvalue weighted by Crippen LogP contribution is 2.77. The first-order chi connectivity index (χ1) is 23.7. The first kappa shape index (κ1) is 38.2. The molecule has 51 heavy (non-hydrogen) atoms. The highest BCUT2D eigenvalue weighted by molar-refractivity contribution is 6.00. The second-order valence-corrected chi connectivity index (χ2v) is 19.9. The Morgan fingerprint density at radius 2 is 1.69 bits per heavy atom. The molecule has 5 aliphatic rings. The van der Waals surface area contributed by atoms with Crippen molar-refractivity contribution < 1.29 is 24.2 Å². The lowest BCUT2D eigenvalue weighted by Crippen LogP contribution is -2.65. The number of hydrogen-bond donors (Lipinski definition) is 2. The molecule has 0 aromatic carbocycles. The molecule has 0 aliphatic heterocycles. The average molecular weight is 703 g/mol. The first-order valence-electron chi connectivity index (χ1n) is 20.1. The summed E-state index contributed by atoms with van der Waals surface area (Å²) < 4.78 is 6.18. The summed E-state index contributed by atoms with van der Waals surface area (Å²) in [6.07, 6.45) is 11.8. The van der Waals surface area contributed by atoms with Crippen molar-refractivity contribution in [3.63, 3.8) is 0 Å². The highest BCUT2D eigenvalue weighted by atomic mass is 16.5. The monoisotopic (exact) mass is 702 g/mol. The summed E-state index contributed by atoms with van der Waals surface area (Å²) in [6, 6.07) is 6.25. The van der Waals surface area contributed by atoms with Gasteiger partial charge in [-0.05, 0) is 143 Å². The van der Waals surface area contributed by atoms with Crippen LogP contribution in [-0.2, 0) is 19.1 Å². The third-order valence-electron chi connectivity index (χ3n) is 16.1. The standard InChI is InChI=1S/C44H66N2O5/c1-27(2)36-31(47)25-44(22-24-45-28(3)30-13-11-12-23-46-30)21-20-42(9)29(37(36)44)14-15-33-41(8)18-17-34(51-35(48)26-39(4,5)38(49)50)40(6,7)32(41)16-19-43(33,42)10/h11-13,23,27-29,32-34,45H,14-22,24-26H2,1-10H3,(H,49,50)/t28-,29+,32-,33+,34-,41-,42+,43+,44+/m0/s1. The summed E-state index contributed by atoms with van der Waals surface area (Å²) >= 11 is 0. The van der Waals surface area contributed by atoms with Gasteiger partial charge in [0.1, 0.15) is 6.10 Å². The normalized spacial score (nSPS) is 38.0. The van der Waals surface area contributed by atoms with E-state index in [4.69, 9.17) is 4.74 Å². The number of allylic oxidation sites excluding steroid dienone is 2. The fraction of sp³-hybridized carbons (Fsp3) is 0.773. The van der Waals surface area contributed by atoms with Gasteiger partial charge in [-0.15, -0.1) is 0 Å². The van der Waals surface area contributed by atoms with Crippen molar-refractivity contribution >= 4 is 17.7 Å². The molecule has 2 N–H and O–H groups in total. The lowest BCUT2D eigenvalue weighted by molar-refractivity contribution is -0.233. The van der Waals surface area contributed by atoms with Crippen LogP contribution in [0.25, 0.3) is 0 Å². The Bertz CT molecular complexity index is 1560. The van der Waals surface area contributed by atoms with E-state index in [-0.39, 0.29) is 51.6 Å². The SMILES string of the molecule is CC(C)C1=C2[C@H]3CC[C@@H]4[C@@]5(C)CC[C@H](OC(=O)CC(C)(C)C(=O)O)C(C)(C)[C@@H]5CC[C@@]4(C)[C@]3(C)CC[C@@]2(CCN[C@@H](C)c2ccccn2)CC1=O. The Morgan fingerprint density at radius 1 is 0.961 bits per heavy atom. The number of carbonyl (C=O) groups excluding carboxylic acids is 2. The van der Waals surface area contributed by atoms with Crippen LogP contribution in [0.2, 0.25) is 0 Å². The van der Waals surface area contributed by atoms with E-state index in [1.54, 1.807) is 13.8 Å². The second-order valence-electron chi connectivity index (χ2n) is 19.9. The number of nitrogens with zero attached hydrogens (tertiary/aromatic N) is 1. The van der Waals surface area contributed by atoms with Crippen LogP contribution in [0.15, 0.2) is 35.5 Å². The maximum atomic E-state index is 14.0. The van der Waals surface area contributed by atoms with Gasteiger partial charge in [-0.25, -0.2) is 0 Å². The average Bonchev–Trinajstić information content (AvgIpc) is 3.35. The van der Waals surface area contributed by atoms with Gasteiger partial charge in [0, 0.05) is 29.5 Å². The van der Waals surface area contributed by atoms with Gasteiger partial charge in [0.15, 0.2) is 5.78 Å². The molecule has 0 spiro atoms. The van der Waals surface area contributed by atoms with Crippen molar-refractivity contribution in [2.75, 3.05) is 6.54 Å². The number of carboxylic acids is 1. The van der Waals surface area contributed by atoms with Crippen molar-refractivity contribution in [3.05, 3.63) is 41.2 Å². The Kier molecular flexibility index (Phi) is 9.80. The highest BCUT2D eigenvalue weighted by Gasteiger charge is 2.70. The molecular formula is C44H66N2O5. The maximum absolute atomic E-state index is 14.0. The molecule has 5 aliphatic carbocycles. The number of nitrogens with one attached hydrogen (secondary N) is 1. The Labute approximate surface area is 307 Å². The number of aliphatic carboxylic acids is 1. The zero-order valence-corrected chi connectivity index (χ0v) is 33.3. The summed E-state index contributed by atoms with van der Waals surface area (Å²) in [7, 11) is 0. The molecule has 0 saturated heterocycles. The minimum Gasteiger partial charge on any atom is -0.481 e. The van der Waals surface area contributed by atoms with Crippen LogP contribution in [0, 0.1) is 56.2 Å². The van der Waals surface area contributed by atoms with Gasteiger partial charge in [-0.1, -0.05) is 60.1 Å². The molecular weight excluding hydrogens is 636 g/mol. The minimum absolute atomic E-state index is 0.0544. The minimum atomic E-state index is -1.15. The van der Waals surface area contributed by atoms with Crippen LogP contribution in [0.4, 0.5) is 0 Å². The molecule has 1 heterocycles. The Morgan fingerprint density at radius 3 is 2.33 bits per heavy atom. The number of pyridine rings is 1. The molecule has 0 radical (unpaired) electrons. The van der Waals surface area contributed by atoms with Crippen LogP contribution in [-0.4, -0.2) is 40.5 Å². The summed E-state index contributed by atoms with van der Waals surface area (Å²) in [4.78, 5) is 43.4. The smallest absolute Gasteiger partial charge is 0.309 e. The summed E-state index contributed by atoms with van der Waals surface area (Å²) in [5.41, 5.74) is 2.71. The third kappa shape index (κ3) is 6.04. The van der Waals surface area contributed by atoms with E-state index >= 15 is 0 Å². The van der Waals surface area contributed by atoms with Crippen molar-refractivity contribution in [2.45, 2.75) is 152 Å². The summed E-state index contributed by atoms with van der Waals surface area (Å²) in [5.74, 6) is 0.645. The predicted octanol–water partition coefficient (Wildman–Crippen LogP) is 9.52. The number of esters is 1. The fourth-order valence-electron chi connectivity index (χ4n) is 13.1. The van der Waals surface area contributed by atoms with E-state index in [2.05, 4.69) is 71.8 Å². The van der Waals surface area contributed by atoms with Crippen LogP contribution >= 0.6 is 0 Å². The first-order valence-corrected chi connectivity index (χ1v) is 20.1. The molecule has 1 aromatic rings. The van der Waals surface area contributed by atoms with E-state index in [0.29, 0.717) is 30.0 Å². The second kappa shape index (κ2) is 13.1. The number of rotatable bonds is 10. The van der Waals surface area contributed by atoms with Gasteiger partial charge in [-0.3, -0.25) is 19.4 Å². The lowest BCUT2D eigenvalue weighted by Gasteiger charge is -2.72. The lowest BCUT2D eigenvalue weighted by atomic mass is 9.33. The van der Waals surface area contributed by atoms with Gasteiger partial charge >= 0.3 is 11.9 Å². The largest absolute Gasteiger partial charge is 0.481 e. The summed E-state index contributed by atoms with van der Waals surface area (Å²) in [6.45, 7) is 23.1. The number of carbonyl (C=O) groups is 3. The number of carboxylic acid groups (broad SMARTS) is 1. The molecule has 7 heteroatoms. The number of hydrogen-bond acceptors (Lipinski definition) is 6. The molecule has 6 rings (SSSR count). The number of ketones is 1. The summed E-state index contributed by atoms with van der Waals surface area (Å²) in [5, 5.41) is 13.4. The fourth-order valence-corrected chi connectivity index (χ4v) is 13.1. The van der Waals surface area contributed by atoms with Crippen molar-refractivity contribution in [1.29, 1.82) is 0 Å². The molecule has 0 bridgehead atoms. The van der Waals surface area contributed by atoms with Gasteiger partial charge in [0.2, 0.25) is 0 Å². The van der Waals surface area contributed by atoms with E-state index < -0.39 is 17.4 Å². The topological polar surface area (TPSA) is 106 Å². The van der Waals surface area contributed by atoms with Crippen molar-refractivity contribution in [2.24, 2.45) is 56.2 Å². The van der Waals surface area contributed by atoms with Crippen LogP contribution < -0.4 is 5.32 Å². The molecule has 4 fully saturated rings. The molecule has 0 amide bonds. The van der Waals surface area contributed by atoms with E-state index in [1.165, 1.54) is 12.0 Å². The zero-order chi connectivity index (χ0) is 37.4.